The van der Waals surface area contributed by atoms with Crippen molar-refractivity contribution in [2.75, 3.05) is 12.4 Å². The van der Waals surface area contributed by atoms with Crippen LogP contribution < -0.4 is 10.6 Å². The van der Waals surface area contributed by atoms with E-state index in [1.54, 1.807) is 0 Å². The average Bonchev–Trinajstić information content (AvgIpc) is 3.20. The van der Waals surface area contributed by atoms with E-state index in [1.165, 1.54) is 44.8 Å². The van der Waals surface area contributed by atoms with Crippen LogP contribution >= 0.6 is 0 Å². The van der Waals surface area contributed by atoms with Gasteiger partial charge in [-0.3, -0.25) is 29.1 Å². The van der Waals surface area contributed by atoms with Crippen molar-refractivity contribution >= 4 is 46.8 Å². The number of ether oxygens (including phenoxy) is 4. The monoisotopic (exact) mass is 506 g/mol. The largest absolute Gasteiger partial charge is 0.467 e. The molecule has 1 aliphatic heterocycles. The highest BCUT2D eigenvalue weighted by molar-refractivity contribution is 5.87. The first-order valence-corrected chi connectivity index (χ1v) is 10.8. The molecule has 3 heterocycles. The minimum absolute atomic E-state index is 0.0182. The number of carbonyl (C=O) groups is 5. The SMILES string of the molecule is COC(=O)[C@@H](NC(C)=O)[C@@H]1C[C@H](OC(C)=O)[C@@H](OC(C)=O)[C@H](n2cnc3cnc(NC(C)=O)nc32)O1. The molecule has 1 saturated heterocycles. The fraction of sp³-hybridized carbons (Fsp3) is 0.524. The number of anilines is 1. The van der Waals surface area contributed by atoms with Gasteiger partial charge in [0.15, 0.2) is 24.0 Å². The summed E-state index contributed by atoms with van der Waals surface area (Å²) in [5.74, 6) is -3.11. The Balaban J connectivity index is 2.12. The van der Waals surface area contributed by atoms with Gasteiger partial charge in [-0.05, 0) is 0 Å². The summed E-state index contributed by atoms with van der Waals surface area (Å²) in [6.07, 6.45) is -1.98. The second-order valence-electron chi connectivity index (χ2n) is 7.96. The van der Waals surface area contributed by atoms with Crippen LogP contribution in [0, 0.1) is 0 Å². The van der Waals surface area contributed by atoms with E-state index in [2.05, 4.69) is 25.6 Å². The number of amides is 2. The minimum atomic E-state index is -1.27. The van der Waals surface area contributed by atoms with E-state index >= 15 is 0 Å². The van der Waals surface area contributed by atoms with Gasteiger partial charge in [0, 0.05) is 34.1 Å². The van der Waals surface area contributed by atoms with Crippen LogP contribution in [0.2, 0.25) is 0 Å². The van der Waals surface area contributed by atoms with Gasteiger partial charge in [-0.25, -0.2) is 14.8 Å². The minimum Gasteiger partial charge on any atom is -0.467 e. The lowest BCUT2D eigenvalue weighted by Crippen LogP contribution is -2.57. The van der Waals surface area contributed by atoms with E-state index in [0.29, 0.717) is 5.52 Å². The summed E-state index contributed by atoms with van der Waals surface area (Å²) in [6, 6.07) is -1.27. The second kappa shape index (κ2) is 11.1. The molecular weight excluding hydrogens is 480 g/mol. The van der Waals surface area contributed by atoms with Crippen molar-refractivity contribution < 1.29 is 42.9 Å². The number of nitrogens with zero attached hydrogens (tertiary/aromatic N) is 4. The fourth-order valence-corrected chi connectivity index (χ4v) is 3.83. The molecule has 0 unspecified atom stereocenters. The predicted molar refractivity (Wildman–Crippen MR) is 119 cm³/mol. The maximum Gasteiger partial charge on any atom is 0.331 e. The van der Waals surface area contributed by atoms with Gasteiger partial charge in [-0.15, -0.1) is 0 Å². The fourth-order valence-electron chi connectivity index (χ4n) is 3.83. The molecule has 0 radical (unpaired) electrons. The number of fused-ring (bicyclic) bond motifs is 1. The number of carbonyl (C=O) groups excluding carboxylic acids is 5. The van der Waals surface area contributed by atoms with Gasteiger partial charge in [-0.2, -0.15) is 4.98 Å². The first kappa shape index (κ1) is 26.5. The number of hydrogen-bond acceptors (Lipinski definition) is 12. The zero-order valence-electron chi connectivity index (χ0n) is 20.2. The molecule has 36 heavy (non-hydrogen) atoms. The predicted octanol–water partition coefficient (Wildman–Crippen LogP) is -0.387. The van der Waals surface area contributed by atoms with Crippen molar-refractivity contribution in [1.29, 1.82) is 0 Å². The Kier molecular flexibility index (Phi) is 8.14. The third-order valence-electron chi connectivity index (χ3n) is 5.11. The maximum atomic E-state index is 12.5. The van der Waals surface area contributed by atoms with Crippen LogP contribution in [-0.2, 0) is 42.9 Å². The Morgan fingerprint density at radius 3 is 2.33 bits per heavy atom. The molecule has 194 valence electrons. The third kappa shape index (κ3) is 6.10. The Hall–Kier alpha value is -4.14. The normalized spacial score (nSPS) is 22.2. The summed E-state index contributed by atoms with van der Waals surface area (Å²) < 4.78 is 23.3. The highest BCUT2D eigenvalue weighted by Crippen LogP contribution is 2.35. The van der Waals surface area contributed by atoms with Crippen LogP contribution in [0.3, 0.4) is 0 Å². The van der Waals surface area contributed by atoms with E-state index in [1.807, 2.05) is 0 Å². The topological polar surface area (TPSA) is 190 Å². The molecule has 2 aromatic rings. The van der Waals surface area contributed by atoms with Gasteiger partial charge >= 0.3 is 17.9 Å². The average molecular weight is 506 g/mol. The summed E-state index contributed by atoms with van der Waals surface area (Å²) in [7, 11) is 1.15. The number of esters is 3. The highest BCUT2D eigenvalue weighted by atomic mass is 16.6. The molecule has 1 aliphatic rings. The van der Waals surface area contributed by atoms with Crippen molar-refractivity contribution in [2.45, 2.75) is 64.7 Å². The highest BCUT2D eigenvalue weighted by Gasteiger charge is 2.48. The smallest absolute Gasteiger partial charge is 0.331 e. The van der Waals surface area contributed by atoms with Crippen LogP contribution in [0.1, 0.15) is 40.3 Å². The van der Waals surface area contributed by atoms with Crippen molar-refractivity contribution in [3.63, 3.8) is 0 Å². The zero-order valence-corrected chi connectivity index (χ0v) is 20.2. The van der Waals surface area contributed by atoms with Crippen molar-refractivity contribution in [3.8, 4) is 0 Å². The van der Waals surface area contributed by atoms with Crippen LogP contribution in [-0.4, -0.2) is 80.7 Å². The second-order valence-corrected chi connectivity index (χ2v) is 7.96. The van der Waals surface area contributed by atoms with E-state index < -0.39 is 60.3 Å². The molecule has 2 aromatic heterocycles. The zero-order chi connectivity index (χ0) is 26.6. The quantitative estimate of drug-likeness (QED) is 0.366. The lowest BCUT2D eigenvalue weighted by Gasteiger charge is -2.42. The molecular formula is C21H26N6O9. The van der Waals surface area contributed by atoms with E-state index in [4.69, 9.17) is 18.9 Å². The number of nitrogens with one attached hydrogen (secondary N) is 2. The van der Waals surface area contributed by atoms with Gasteiger partial charge in [0.05, 0.1) is 25.7 Å². The molecule has 5 atom stereocenters. The van der Waals surface area contributed by atoms with Crippen molar-refractivity contribution in [2.24, 2.45) is 0 Å². The van der Waals surface area contributed by atoms with Gasteiger partial charge in [0.2, 0.25) is 17.8 Å². The van der Waals surface area contributed by atoms with Crippen molar-refractivity contribution in [3.05, 3.63) is 12.5 Å². The van der Waals surface area contributed by atoms with Crippen LogP contribution in [0.5, 0.6) is 0 Å². The molecule has 0 bridgehead atoms. The van der Waals surface area contributed by atoms with Crippen LogP contribution in [0.25, 0.3) is 11.2 Å². The molecule has 1 fully saturated rings. The van der Waals surface area contributed by atoms with Gasteiger partial charge in [0.1, 0.15) is 11.6 Å². The number of methoxy groups -OCH3 is 1. The Morgan fingerprint density at radius 1 is 1.06 bits per heavy atom. The van der Waals surface area contributed by atoms with Gasteiger partial charge in [0.25, 0.3) is 0 Å². The molecule has 0 aliphatic carbocycles. The van der Waals surface area contributed by atoms with Crippen LogP contribution in [0.4, 0.5) is 5.95 Å². The Labute approximate surface area is 204 Å². The van der Waals surface area contributed by atoms with E-state index in [9.17, 15) is 24.0 Å². The third-order valence-corrected chi connectivity index (χ3v) is 5.11. The molecule has 0 saturated carbocycles. The molecule has 0 spiro atoms. The number of hydrogen-bond donors (Lipinski definition) is 2. The van der Waals surface area contributed by atoms with E-state index in [-0.39, 0.29) is 18.0 Å². The Bertz CT molecular complexity index is 1180. The summed E-state index contributed by atoms with van der Waals surface area (Å²) in [5, 5.41) is 4.94. The summed E-state index contributed by atoms with van der Waals surface area (Å²) in [5.41, 5.74) is 0.499. The van der Waals surface area contributed by atoms with E-state index in [0.717, 1.165) is 7.11 Å². The molecule has 15 heteroatoms. The number of imidazole rings is 1. The van der Waals surface area contributed by atoms with Gasteiger partial charge < -0.3 is 24.3 Å². The molecule has 15 nitrogen and oxygen atoms in total. The molecule has 2 N–H and O–H groups in total. The van der Waals surface area contributed by atoms with Crippen molar-refractivity contribution in [1.82, 2.24) is 24.8 Å². The lowest BCUT2D eigenvalue weighted by molar-refractivity contribution is -0.228. The Morgan fingerprint density at radius 2 is 1.75 bits per heavy atom. The number of aromatic nitrogens is 4. The standard InChI is InChI=1S/C21H26N6O9/c1-9(28)24-16(20(32)33-5)14-6-15(34-11(3)30)17(35-12(4)31)19(36-14)27-8-23-13-7-22-21(25-10(2)29)26-18(13)27/h7-8,14-17,19H,6H2,1-5H3,(H,24,28)(H,22,25,26,29)/t14-,15-,16-,17+,19+/m0/s1. The first-order valence-electron chi connectivity index (χ1n) is 10.8. The summed E-state index contributed by atoms with van der Waals surface area (Å²) in [4.78, 5) is 72.1. The summed E-state index contributed by atoms with van der Waals surface area (Å²) >= 11 is 0. The molecule has 3 rings (SSSR count). The first-order chi connectivity index (χ1) is 17.0. The molecule has 0 aromatic carbocycles. The summed E-state index contributed by atoms with van der Waals surface area (Å²) in [6.45, 7) is 4.85. The lowest BCUT2D eigenvalue weighted by atomic mass is 9.95. The molecule has 2 amide bonds. The van der Waals surface area contributed by atoms with Gasteiger partial charge in [-0.1, -0.05) is 0 Å². The maximum absolute atomic E-state index is 12.5. The van der Waals surface area contributed by atoms with Crippen LogP contribution in [0.15, 0.2) is 12.5 Å². The number of rotatable bonds is 7.